The number of fused-ring (bicyclic) bond motifs is 2. The molecule has 1 N–H and O–H groups in total. The van der Waals surface area contributed by atoms with Gasteiger partial charge in [0.1, 0.15) is 0 Å². The van der Waals surface area contributed by atoms with E-state index in [-0.39, 0.29) is 11.9 Å². The van der Waals surface area contributed by atoms with Crippen LogP contribution in [-0.2, 0) is 17.6 Å². The fourth-order valence-corrected chi connectivity index (χ4v) is 4.80. The minimum atomic E-state index is -0.343. The van der Waals surface area contributed by atoms with Crippen LogP contribution in [0, 0.1) is 0 Å². The molecule has 1 atom stereocenters. The number of aromatic nitrogens is 1. The smallest absolute Gasteiger partial charge is 0.328 e. The summed E-state index contributed by atoms with van der Waals surface area (Å²) in [7, 11) is 0. The first-order valence-corrected chi connectivity index (χ1v) is 10.4. The van der Waals surface area contributed by atoms with Crippen molar-refractivity contribution in [3.05, 3.63) is 64.3 Å². The second-order valence-corrected chi connectivity index (χ2v) is 8.45. The predicted octanol–water partition coefficient (Wildman–Crippen LogP) is 4.58. The SMILES string of the molecule is O=C1CCN(c2ccc3c(ccn3C3CCc4cc(Br)ccc4C3)c2)C(=O)N1. The maximum atomic E-state index is 12.1. The van der Waals surface area contributed by atoms with Gasteiger partial charge in [0.25, 0.3) is 0 Å². The minimum Gasteiger partial charge on any atom is -0.344 e. The molecular formula is C22H20BrN3O2. The molecule has 1 saturated heterocycles. The first-order valence-electron chi connectivity index (χ1n) is 9.58. The molecule has 2 heterocycles. The number of carbonyl (C=O) groups excluding carboxylic acids is 2. The van der Waals surface area contributed by atoms with E-state index in [1.807, 2.05) is 12.1 Å². The lowest BCUT2D eigenvalue weighted by atomic mass is 9.88. The van der Waals surface area contributed by atoms with Crippen molar-refractivity contribution >= 4 is 44.5 Å². The fourth-order valence-electron chi connectivity index (χ4n) is 4.39. The van der Waals surface area contributed by atoms with Gasteiger partial charge in [-0.3, -0.25) is 15.0 Å². The van der Waals surface area contributed by atoms with Gasteiger partial charge in [0, 0.05) is 46.3 Å². The number of aryl methyl sites for hydroxylation is 1. The molecule has 28 heavy (non-hydrogen) atoms. The van der Waals surface area contributed by atoms with E-state index < -0.39 is 0 Å². The number of carbonyl (C=O) groups is 2. The zero-order valence-corrected chi connectivity index (χ0v) is 16.9. The molecule has 1 aromatic heterocycles. The summed E-state index contributed by atoms with van der Waals surface area (Å²) in [5.41, 5.74) is 4.87. The average molecular weight is 438 g/mol. The van der Waals surface area contributed by atoms with Crippen molar-refractivity contribution in [1.29, 1.82) is 0 Å². The number of nitrogens with one attached hydrogen (secondary N) is 1. The van der Waals surface area contributed by atoms with Crippen LogP contribution in [0.2, 0.25) is 0 Å². The number of imide groups is 1. The van der Waals surface area contributed by atoms with Gasteiger partial charge in [-0.1, -0.05) is 22.0 Å². The van der Waals surface area contributed by atoms with Gasteiger partial charge in [-0.05, 0) is 66.8 Å². The van der Waals surface area contributed by atoms with E-state index in [0.29, 0.717) is 19.0 Å². The summed E-state index contributed by atoms with van der Waals surface area (Å²) in [4.78, 5) is 25.1. The number of hydrogen-bond acceptors (Lipinski definition) is 2. The maximum absolute atomic E-state index is 12.1. The van der Waals surface area contributed by atoms with Crippen LogP contribution in [0.25, 0.3) is 10.9 Å². The molecular weight excluding hydrogens is 418 g/mol. The lowest BCUT2D eigenvalue weighted by molar-refractivity contribution is -0.120. The summed E-state index contributed by atoms with van der Waals surface area (Å²) in [6.07, 6.45) is 5.72. The average Bonchev–Trinajstić information content (AvgIpc) is 3.11. The van der Waals surface area contributed by atoms with E-state index >= 15 is 0 Å². The van der Waals surface area contributed by atoms with Gasteiger partial charge in [-0.25, -0.2) is 4.79 Å². The minimum absolute atomic E-state index is 0.210. The monoisotopic (exact) mass is 437 g/mol. The highest BCUT2D eigenvalue weighted by atomic mass is 79.9. The first kappa shape index (κ1) is 17.5. The zero-order chi connectivity index (χ0) is 19.3. The molecule has 5 rings (SSSR count). The number of anilines is 1. The van der Waals surface area contributed by atoms with Crippen LogP contribution in [0.1, 0.15) is 30.0 Å². The van der Waals surface area contributed by atoms with Gasteiger partial charge in [-0.2, -0.15) is 0 Å². The molecule has 0 spiro atoms. The van der Waals surface area contributed by atoms with Crippen LogP contribution < -0.4 is 10.2 Å². The van der Waals surface area contributed by atoms with Crippen LogP contribution in [-0.4, -0.2) is 23.1 Å². The first-order chi connectivity index (χ1) is 13.6. The third-order valence-corrected chi connectivity index (χ3v) is 6.33. The Hall–Kier alpha value is -2.60. The van der Waals surface area contributed by atoms with Gasteiger partial charge in [0.15, 0.2) is 0 Å². The Bertz CT molecular complexity index is 1100. The molecule has 1 fully saturated rings. The van der Waals surface area contributed by atoms with Crippen LogP contribution in [0.15, 0.2) is 53.1 Å². The van der Waals surface area contributed by atoms with Gasteiger partial charge in [0.05, 0.1) is 0 Å². The fraction of sp³-hybridized carbons (Fsp3) is 0.273. The molecule has 0 saturated carbocycles. The molecule has 1 unspecified atom stereocenters. The molecule has 0 radical (unpaired) electrons. The molecule has 0 bridgehead atoms. The second kappa shape index (κ2) is 6.78. The van der Waals surface area contributed by atoms with E-state index in [9.17, 15) is 9.59 Å². The van der Waals surface area contributed by atoms with Gasteiger partial charge in [-0.15, -0.1) is 0 Å². The molecule has 3 aromatic rings. The second-order valence-electron chi connectivity index (χ2n) is 7.53. The number of urea groups is 1. The Balaban J connectivity index is 1.43. The van der Waals surface area contributed by atoms with Crippen LogP contribution >= 0.6 is 15.9 Å². The van der Waals surface area contributed by atoms with E-state index in [2.05, 4.69) is 62.3 Å². The Morgan fingerprint density at radius 3 is 2.75 bits per heavy atom. The number of nitrogens with zero attached hydrogens (tertiary/aromatic N) is 2. The number of hydrogen-bond donors (Lipinski definition) is 1. The molecule has 2 aliphatic rings. The van der Waals surface area contributed by atoms with Crippen LogP contribution in [0.5, 0.6) is 0 Å². The number of benzene rings is 2. The van der Waals surface area contributed by atoms with Gasteiger partial charge < -0.3 is 4.57 Å². The summed E-state index contributed by atoms with van der Waals surface area (Å²) in [5.74, 6) is -0.210. The van der Waals surface area contributed by atoms with E-state index in [1.54, 1.807) is 4.90 Å². The highest BCUT2D eigenvalue weighted by molar-refractivity contribution is 9.10. The third-order valence-electron chi connectivity index (χ3n) is 5.83. The molecule has 1 aliphatic carbocycles. The highest BCUT2D eigenvalue weighted by Crippen LogP contribution is 2.34. The van der Waals surface area contributed by atoms with Gasteiger partial charge >= 0.3 is 6.03 Å². The molecule has 5 nitrogen and oxygen atoms in total. The van der Waals surface area contributed by atoms with Crippen molar-refractivity contribution < 1.29 is 9.59 Å². The highest BCUT2D eigenvalue weighted by Gasteiger charge is 2.25. The Labute approximate surface area is 171 Å². The lowest BCUT2D eigenvalue weighted by Gasteiger charge is -2.28. The number of rotatable bonds is 2. The summed E-state index contributed by atoms with van der Waals surface area (Å²) in [5, 5.41) is 3.50. The summed E-state index contributed by atoms with van der Waals surface area (Å²) in [6, 6.07) is 14.9. The molecule has 3 amide bonds. The Morgan fingerprint density at radius 1 is 1.00 bits per heavy atom. The van der Waals surface area contributed by atoms with Crippen LogP contribution in [0.3, 0.4) is 0 Å². The van der Waals surface area contributed by atoms with Crippen molar-refractivity contribution in [3.8, 4) is 0 Å². The summed E-state index contributed by atoms with van der Waals surface area (Å²) >= 11 is 3.57. The van der Waals surface area contributed by atoms with Crippen molar-refractivity contribution in [2.45, 2.75) is 31.7 Å². The largest absolute Gasteiger partial charge is 0.344 e. The molecule has 142 valence electrons. The number of halogens is 1. The van der Waals surface area contributed by atoms with Crippen molar-refractivity contribution in [2.75, 3.05) is 11.4 Å². The molecule has 2 aromatic carbocycles. The van der Waals surface area contributed by atoms with Crippen molar-refractivity contribution in [1.82, 2.24) is 9.88 Å². The van der Waals surface area contributed by atoms with Crippen molar-refractivity contribution in [2.24, 2.45) is 0 Å². The van der Waals surface area contributed by atoms with Gasteiger partial charge in [0.2, 0.25) is 5.91 Å². The summed E-state index contributed by atoms with van der Waals surface area (Å²) < 4.78 is 3.51. The van der Waals surface area contributed by atoms with Crippen LogP contribution in [0.4, 0.5) is 10.5 Å². The van der Waals surface area contributed by atoms with Crippen molar-refractivity contribution in [3.63, 3.8) is 0 Å². The van der Waals surface area contributed by atoms with E-state index in [1.165, 1.54) is 16.6 Å². The standard InChI is InChI=1S/C22H20BrN3O2/c23-17-3-1-15-12-18(4-2-14(15)11-17)25-9-7-16-13-19(5-6-20(16)25)26-10-8-21(27)24-22(26)28/h1,3,5-7,9,11,13,18H,2,4,8,10,12H2,(H,24,27,28). The molecule has 6 heteroatoms. The van der Waals surface area contributed by atoms with E-state index in [0.717, 1.165) is 34.8 Å². The normalized spacial score (nSPS) is 19.6. The number of amides is 3. The van der Waals surface area contributed by atoms with E-state index in [4.69, 9.17) is 0 Å². The lowest BCUT2D eigenvalue weighted by Crippen LogP contribution is -2.49. The third kappa shape index (κ3) is 3.02. The predicted molar refractivity (Wildman–Crippen MR) is 113 cm³/mol. The maximum Gasteiger partial charge on any atom is 0.328 e. The summed E-state index contributed by atoms with van der Waals surface area (Å²) in [6.45, 7) is 0.422. The Kier molecular flexibility index (Phi) is 4.23. The quantitative estimate of drug-likeness (QED) is 0.637. The zero-order valence-electron chi connectivity index (χ0n) is 15.3. The topological polar surface area (TPSA) is 54.3 Å². The Morgan fingerprint density at radius 2 is 1.89 bits per heavy atom. The molecule has 1 aliphatic heterocycles.